The van der Waals surface area contributed by atoms with Gasteiger partial charge in [-0.25, -0.2) is 0 Å². The topological polar surface area (TPSA) is 18.5 Å². The van der Waals surface area contributed by atoms with Gasteiger partial charge in [0.25, 0.3) is 0 Å². The molecule has 0 amide bonds. The minimum absolute atomic E-state index is 0.104. The van der Waals surface area contributed by atoms with Crippen LogP contribution in [0.3, 0.4) is 0 Å². The minimum Gasteiger partial charge on any atom is -0.411 e. The normalized spacial score (nSPS) is 9.90. The fraction of sp³-hybridized carbons (Fsp3) is 1.00. The van der Waals surface area contributed by atoms with Gasteiger partial charge >= 0.3 is 7.12 Å². The van der Waals surface area contributed by atoms with E-state index in [2.05, 4.69) is 0 Å². The smallest absolute Gasteiger partial charge is 0.411 e. The lowest BCUT2D eigenvalue weighted by Crippen LogP contribution is -2.23. The summed E-state index contributed by atoms with van der Waals surface area (Å²) in [4.78, 5) is 0. The van der Waals surface area contributed by atoms with Gasteiger partial charge in [-0.3, -0.25) is 0 Å². The molecule has 0 aliphatic heterocycles. The minimum atomic E-state index is -0.104. The lowest BCUT2D eigenvalue weighted by atomic mass is 9.86. The van der Waals surface area contributed by atoms with Crippen LogP contribution in [0, 0.1) is 0 Å². The first-order valence-corrected chi connectivity index (χ1v) is 4.17. The van der Waals surface area contributed by atoms with Crippen molar-refractivity contribution < 1.29 is 9.31 Å². The molecule has 0 aliphatic carbocycles. The fourth-order valence-corrected chi connectivity index (χ4v) is 0.854. The van der Waals surface area contributed by atoms with Crippen LogP contribution in [-0.4, -0.2) is 26.2 Å². The molecule has 0 N–H and O–H groups in total. The summed E-state index contributed by atoms with van der Waals surface area (Å²) in [6, 6.07) is 0. The molecule has 4 heteroatoms. The molecular formula is C6H14BClO2. The van der Waals surface area contributed by atoms with Crippen molar-refractivity contribution in [1.29, 1.82) is 0 Å². The van der Waals surface area contributed by atoms with Gasteiger partial charge in [0.15, 0.2) is 0 Å². The molecule has 0 aromatic carbocycles. The van der Waals surface area contributed by atoms with E-state index < -0.39 is 0 Å². The van der Waals surface area contributed by atoms with Gasteiger partial charge in [0.2, 0.25) is 0 Å². The quantitative estimate of drug-likeness (QED) is 0.440. The van der Waals surface area contributed by atoms with Crippen LogP contribution < -0.4 is 0 Å². The van der Waals surface area contributed by atoms with Crippen molar-refractivity contribution in [1.82, 2.24) is 0 Å². The molecule has 0 aromatic rings. The summed E-state index contributed by atoms with van der Waals surface area (Å²) >= 11 is 5.51. The summed E-state index contributed by atoms with van der Waals surface area (Å²) in [5, 5.41) is 0. The molecule has 60 valence electrons. The Kier molecular flexibility index (Phi) is 7.59. The van der Waals surface area contributed by atoms with Crippen LogP contribution in [0.25, 0.3) is 0 Å². The Hall–Kier alpha value is 0.275. The van der Waals surface area contributed by atoms with E-state index >= 15 is 0 Å². The maximum absolute atomic E-state index is 5.51. The molecule has 0 saturated heterocycles. The molecule has 0 aliphatic rings. The van der Waals surface area contributed by atoms with Crippen LogP contribution in [0.4, 0.5) is 0 Å². The molecule has 0 radical (unpaired) electrons. The highest BCUT2D eigenvalue weighted by atomic mass is 35.5. The van der Waals surface area contributed by atoms with Crippen LogP contribution in [-0.2, 0) is 9.31 Å². The first kappa shape index (κ1) is 10.3. The molecule has 0 heterocycles. The molecule has 0 atom stereocenters. The maximum Gasteiger partial charge on any atom is 0.458 e. The molecule has 2 nitrogen and oxygen atoms in total. The molecule has 10 heavy (non-hydrogen) atoms. The SMILES string of the molecule is CCOB(CCCl)OCC. The standard InChI is InChI=1S/C6H14BClO2/c1-3-9-7(5-6-8)10-4-2/h3-6H2,1-2H3. The Morgan fingerprint density at radius 3 is 2.00 bits per heavy atom. The van der Waals surface area contributed by atoms with E-state index in [9.17, 15) is 0 Å². The van der Waals surface area contributed by atoms with Gasteiger partial charge in [-0.05, 0) is 20.2 Å². The van der Waals surface area contributed by atoms with Crippen LogP contribution in [0.1, 0.15) is 13.8 Å². The summed E-state index contributed by atoms with van der Waals surface area (Å²) < 4.78 is 10.4. The van der Waals surface area contributed by atoms with E-state index in [1.54, 1.807) is 0 Å². The van der Waals surface area contributed by atoms with Gasteiger partial charge in [-0.2, -0.15) is 0 Å². The molecule has 0 spiro atoms. The lowest BCUT2D eigenvalue weighted by Gasteiger charge is -2.09. The predicted molar refractivity (Wildman–Crippen MR) is 44.5 cm³/mol. The van der Waals surface area contributed by atoms with Crippen LogP contribution in [0.2, 0.25) is 6.32 Å². The molecular weight excluding hydrogens is 150 g/mol. The molecule has 0 saturated carbocycles. The highest BCUT2D eigenvalue weighted by Gasteiger charge is 2.14. The first-order chi connectivity index (χ1) is 4.85. The van der Waals surface area contributed by atoms with Gasteiger partial charge in [0.1, 0.15) is 0 Å². The third-order valence-electron chi connectivity index (χ3n) is 1.05. The zero-order valence-electron chi connectivity index (χ0n) is 6.60. The van der Waals surface area contributed by atoms with Crippen molar-refractivity contribution in [3.63, 3.8) is 0 Å². The highest BCUT2D eigenvalue weighted by molar-refractivity contribution is 6.46. The Morgan fingerprint density at radius 2 is 1.70 bits per heavy atom. The second-order valence-corrected chi connectivity index (χ2v) is 2.20. The Bertz CT molecular complexity index is 58.5. The van der Waals surface area contributed by atoms with Gasteiger partial charge in [0.05, 0.1) is 0 Å². The van der Waals surface area contributed by atoms with Crippen LogP contribution >= 0.6 is 11.6 Å². The zero-order chi connectivity index (χ0) is 7.82. The van der Waals surface area contributed by atoms with E-state index in [-0.39, 0.29) is 7.12 Å². The van der Waals surface area contributed by atoms with Crippen molar-refractivity contribution in [2.24, 2.45) is 0 Å². The second kappa shape index (κ2) is 7.38. The zero-order valence-corrected chi connectivity index (χ0v) is 7.36. The second-order valence-electron chi connectivity index (χ2n) is 1.82. The van der Waals surface area contributed by atoms with E-state index in [0.29, 0.717) is 19.1 Å². The fourth-order valence-electron chi connectivity index (χ4n) is 0.676. The summed E-state index contributed by atoms with van der Waals surface area (Å²) in [6.45, 7) is 5.25. The van der Waals surface area contributed by atoms with Crippen molar-refractivity contribution >= 4 is 18.7 Å². The van der Waals surface area contributed by atoms with E-state index in [1.807, 2.05) is 13.8 Å². The van der Waals surface area contributed by atoms with Crippen molar-refractivity contribution in [2.75, 3.05) is 19.1 Å². The van der Waals surface area contributed by atoms with E-state index in [1.165, 1.54) is 0 Å². The molecule has 0 aromatic heterocycles. The van der Waals surface area contributed by atoms with E-state index in [0.717, 1.165) is 6.32 Å². The van der Waals surface area contributed by atoms with E-state index in [4.69, 9.17) is 20.9 Å². The number of alkyl halides is 1. The first-order valence-electron chi connectivity index (χ1n) is 3.64. The molecule has 0 fully saturated rings. The Morgan fingerprint density at radius 1 is 1.20 bits per heavy atom. The summed E-state index contributed by atoms with van der Waals surface area (Å²) in [5.41, 5.74) is 0. The third kappa shape index (κ3) is 5.09. The monoisotopic (exact) mass is 164 g/mol. The van der Waals surface area contributed by atoms with Crippen molar-refractivity contribution in [3.05, 3.63) is 0 Å². The Labute approximate surface area is 68.0 Å². The van der Waals surface area contributed by atoms with Crippen molar-refractivity contribution in [2.45, 2.75) is 20.2 Å². The summed E-state index contributed by atoms with van der Waals surface area (Å²) in [6.07, 6.45) is 0.767. The van der Waals surface area contributed by atoms with Crippen LogP contribution in [0.5, 0.6) is 0 Å². The molecule has 0 unspecified atom stereocenters. The summed E-state index contributed by atoms with van der Waals surface area (Å²) in [5.74, 6) is 0.588. The number of rotatable bonds is 6. The number of hydrogen-bond acceptors (Lipinski definition) is 2. The van der Waals surface area contributed by atoms with Crippen molar-refractivity contribution in [3.8, 4) is 0 Å². The number of halogens is 1. The highest BCUT2D eigenvalue weighted by Crippen LogP contribution is 1.98. The van der Waals surface area contributed by atoms with Gasteiger partial charge in [-0.1, -0.05) is 0 Å². The van der Waals surface area contributed by atoms with Crippen LogP contribution in [0.15, 0.2) is 0 Å². The van der Waals surface area contributed by atoms with Gasteiger partial charge in [-0.15, -0.1) is 11.6 Å². The third-order valence-corrected chi connectivity index (χ3v) is 1.27. The Balaban J connectivity index is 3.30. The summed E-state index contributed by atoms with van der Waals surface area (Å²) in [7, 11) is -0.104. The average molecular weight is 164 g/mol. The number of hydrogen-bond donors (Lipinski definition) is 0. The lowest BCUT2D eigenvalue weighted by molar-refractivity contribution is 0.215. The predicted octanol–water partition coefficient (Wildman–Crippen LogP) is 1.79. The average Bonchev–Trinajstić information content (AvgIpc) is 1.90. The molecule has 0 rings (SSSR count). The maximum atomic E-state index is 5.51. The largest absolute Gasteiger partial charge is 0.458 e. The van der Waals surface area contributed by atoms with Gasteiger partial charge < -0.3 is 9.31 Å². The van der Waals surface area contributed by atoms with Gasteiger partial charge in [0, 0.05) is 19.1 Å². The molecule has 0 bridgehead atoms.